The van der Waals surface area contributed by atoms with E-state index in [1.807, 2.05) is 0 Å². The summed E-state index contributed by atoms with van der Waals surface area (Å²) in [5, 5.41) is 30.3. The van der Waals surface area contributed by atoms with Gasteiger partial charge in [-0.15, -0.1) is 0 Å². The summed E-state index contributed by atoms with van der Waals surface area (Å²) < 4.78 is 0. The lowest BCUT2D eigenvalue weighted by molar-refractivity contribution is -0.385. The lowest BCUT2D eigenvalue weighted by Crippen LogP contribution is -2.09. The summed E-state index contributed by atoms with van der Waals surface area (Å²) in [6.45, 7) is 0. The topological polar surface area (TPSA) is 129 Å². The van der Waals surface area contributed by atoms with Crippen LogP contribution >= 0.6 is 0 Å². The largest absolute Gasteiger partial charge is 0.504 e. The molecule has 0 fully saturated rings. The number of benzene rings is 2. The van der Waals surface area contributed by atoms with Crippen LogP contribution in [0.2, 0.25) is 0 Å². The third-order valence-corrected chi connectivity index (χ3v) is 3.15. The number of para-hydroxylation sites is 1. The molecule has 22 heavy (non-hydrogen) atoms. The van der Waals surface area contributed by atoms with Gasteiger partial charge in [0.1, 0.15) is 5.82 Å². The average Bonchev–Trinajstić information content (AvgIpc) is 2.49. The van der Waals surface area contributed by atoms with Crippen LogP contribution < -0.4 is 5.56 Å². The molecule has 3 rings (SSSR count). The highest BCUT2D eigenvalue weighted by atomic mass is 16.6. The molecule has 8 heteroatoms. The smallest absolute Gasteiger partial charge is 0.315 e. The Bertz CT molecular complexity index is 964. The Kier molecular flexibility index (Phi) is 2.99. The number of rotatable bonds is 2. The van der Waals surface area contributed by atoms with E-state index < -0.39 is 27.7 Å². The first-order valence-electron chi connectivity index (χ1n) is 6.17. The van der Waals surface area contributed by atoms with E-state index >= 15 is 0 Å². The molecule has 1 heterocycles. The highest BCUT2D eigenvalue weighted by Gasteiger charge is 2.20. The molecule has 8 nitrogen and oxygen atoms in total. The Labute approximate surface area is 122 Å². The fourth-order valence-electron chi connectivity index (χ4n) is 2.10. The molecule has 0 spiro atoms. The number of phenols is 2. The van der Waals surface area contributed by atoms with Gasteiger partial charge in [-0.05, 0) is 18.2 Å². The van der Waals surface area contributed by atoms with Gasteiger partial charge < -0.3 is 15.2 Å². The molecule has 0 aliphatic heterocycles. The van der Waals surface area contributed by atoms with Crippen molar-refractivity contribution in [3.05, 3.63) is 56.9 Å². The van der Waals surface area contributed by atoms with E-state index in [9.17, 15) is 25.1 Å². The molecule has 0 saturated heterocycles. The molecule has 0 radical (unpaired) electrons. The number of nitrogens with zero attached hydrogens (tertiary/aromatic N) is 2. The van der Waals surface area contributed by atoms with Crippen molar-refractivity contribution in [2.45, 2.75) is 0 Å². The van der Waals surface area contributed by atoms with E-state index in [-0.39, 0.29) is 11.4 Å². The number of fused-ring (bicyclic) bond motifs is 1. The lowest BCUT2D eigenvalue weighted by atomic mass is 10.1. The van der Waals surface area contributed by atoms with Crippen LogP contribution in [0.4, 0.5) is 5.69 Å². The van der Waals surface area contributed by atoms with Crippen molar-refractivity contribution < 1.29 is 15.1 Å². The maximum absolute atomic E-state index is 12.0. The summed E-state index contributed by atoms with van der Waals surface area (Å²) in [4.78, 5) is 28.7. The minimum atomic E-state index is -0.836. The normalized spacial score (nSPS) is 10.7. The van der Waals surface area contributed by atoms with Crippen molar-refractivity contribution in [1.29, 1.82) is 0 Å². The molecule has 2 aromatic carbocycles. The quantitative estimate of drug-likeness (QED) is 0.376. The van der Waals surface area contributed by atoms with Crippen LogP contribution in [0.25, 0.3) is 22.3 Å². The molecular formula is C14H9N3O5. The van der Waals surface area contributed by atoms with Crippen molar-refractivity contribution in [3.63, 3.8) is 0 Å². The molecule has 0 aliphatic carbocycles. The van der Waals surface area contributed by atoms with Crippen molar-refractivity contribution in [2.24, 2.45) is 0 Å². The van der Waals surface area contributed by atoms with E-state index in [2.05, 4.69) is 9.97 Å². The number of hydrogen-bond donors (Lipinski definition) is 3. The predicted molar refractivity (Wildman–Crippen MR) is 77.8 cm³/mol. The molecule has 1 aromatic heterocycles. The highest BCUT2D eigenvalue weighted by molar-refractivity contribution is 5.80. The zero-order valence-corrected chi connectivity index (χ0v) is 11.0. The van der Waals surface area contributed by atoms with Gasteiger partial charge in [-0.1, -0.05) is 12.1 Å². The van der Waals surface area contributed by atoms with Crippen molar-refractivity contribution in [2.75, 3.05) is 0 Å². The second-order valence-corrected chi connectivity index (χ2v) is 4.55. The maximum atomic E-state index is 12.0. The van der Waals surface area contributed by atoms with Crippen molar-refractivity contribution in [3.8, 4) is 22.9 Å². The number of hydrogen-bond acceptors (Lipinski definition) is 6. The number of nitro groups is 1. The predicted octanol–water partition coefficient (Wildman–Crippen LogP) is 1.91. The zero-order chi connectivity index (χ0) is 15.9. The summed E-state index contributed by atoms with van der Waals surface area (Å²) in [5.74, 6) is -1.45. The molecule has 0 saturated carbocycles. The summed E-state index contributed by atoms with van der Waals surface area (Å²) in [5.41, 5.74) is -0.553. The third-order valence-electron chi connectivity index (χ3n) is 3.15. The van der Waals surface area contributed by atoms with Gasteiger partial charge in [0.15, 0.2) is 5.75 Å². The number of aromatic nitrogens is 2. The van der Waals surface area contributed by atoms with E-state index in [1.165, 1.54) is 0 Å². The number of aromatic hydroxyl groups is 2. The van der Waals surface area contributed by atoms with E-state index in [1.54, 1.807) is 24.3 Å². The Morgan fingerprint density at radius 3 is 2.64 bits per heavy atom. The molecule has 3 N–H and O–H groups in total. The minimum absolute atomic E-state index is 0.0575. The summed E-state index contributed by atoms with van der Waals surface area (Å²) >= 11 is 0. The zero-order valence-electron chi connectivity index (χ0n) is 11.0. The number of aromatic amines is 1. The van der Waals surface area contributed by atoms with Crippen LogP contribution in [0.1, 0.15) is 0 Å². The highest BCUT2D eigenvalue weighted by Crippen LogP contribution is 2.38. The average molecular weight is 299 g/mol. The lowest BCUT2D eigenvalue weighted by Gasteiger charge is -2.05. The SMILES string of the molecule is O=c1[nH]c(-c2cc(O)c(O)c([N+](=O)[O-])c2)nc2ccccc12. The Balaban J connectivity index is 2.28. The Morgan fingerprint density at radius 1 is 1.18 bits per heavy atom. The number of H-pyrrole nitrogens is 1. The van der Waals surface area contributed by atoms with E-state index in [0.717, 1.165) is 12.1 Å². The van der Waals surface area contributed by atoms with Crippen molar-refractivity contribution >= 4 is 16.6 Å². The molecular weight excluding hydrogens is 290 g/mol. The van der Waals surface area contributed by atoms with Gasteiger partial charge in [-0.25, -0.2) is 4.98 Å². The third kappa shape index (κ3) is 2.12. The first-order chi connectivity index (χ1) is 10.5. The maximum Gasteiger partial charge on any atom is 0.315 e. The van der Waals surface area contributed by atoms with Gasteiger partial charge in [0.2, 0.25) is 5.75 Å². The second-order valence-electron chi connectivity index (χ2n) is 4.55. The minimum Gasteiger partial charge on any atom is -0.504 e. The summed E-state index contributed by atoms with van der Waals surface area (Å²) in [7, 11) is 0. The van der Waals surface area contributed by atoms with Gasteiger partial charge in [-0.3, -0.25) is 14.9 Å². The van der Waals surface area contributed by atoms with Gasteiger partial charge in [0.25, 0.3) is 5.56 Å². The van der Waals surface area contributed by atoms with E-state index in [0.29, 0.717) is 10.9 Å². The standard InChI is InChI=1S/C14H9N3O5/c18-11-6-7(5-10(12(11)19)17(21)22)13-15-9-4-2-1-3-8(9)14(20)16-13/h1-6,18-19H,(H,15,16,20). The van der Waals surface area contributed by atoms with Gasteiger partial charge in [0.05, 0.1) is 15.8 Å². The molecule has 3 aromatic rings. The molecule has 0 unspecified atom stereocenters. The van der Waals surface area contributed by atoms with Crippen LogP contribution in [0.15, 0.2) is 41.2 Å². The number of nitrogens with one attached hydrogen (secondary N) is 1. The first kappa shape index (κ1) is 13.6. The van der Waals surface area contributed by atoms with Crippen LogP contribution in [-0.2, 0) is 0 Å². The van der Waals surface area contributed by atoms with Crippen molar-refractivity contribution in [1.82, 2.24) is 9.97 Å². The van der Waals surface area contributed by atoms with Crippen LogP contribution in [0, 0.1) is 10.1 Å². The van der Waals surface area contributed by atoms with Gasteiger partial charge >= 0.3 is 5.69 Å². The Hall–Kier alpha value is -3.42. The molecule has 0 atom stereocenters. The molecule has 0 amide bonds. The molecule has 110 valence electrons. The van der Waals surface area contributed by atoms with Crippen LogP contribution in [-0.4, -0.2) is 25.1 Å². The summed E-state index contributed by atoms with van der Waals surface area (Å²) in [6.07, 6.45) is 0. The fourth-order valence-corrected chi connectivity index (χ4v) is 2.10. The Morgan fingerprint density at radius 2 is 1.91 bits per heavy atom. The number of nitro benzene ring substituents is 1. The fraction of sp³-hybridized carbons (Fsp3) is 0. The monoisotopic (exact) mass is 299 g/mol. The van der Waals surface area contributed by atoms with E-state index in [4.69, 9.17) is 0 Å². The molecule has 0 aliphatic rings. The van der Waals surface area contributed by atoms with Gasteiger partial charge in [-0.2, -0.15) is 0 Å². The molecule has 0 bridgehead atoms. The summed E-state index contributed by atoms with van der Waals surface area (Å²) in [6, 6.07) is 8.74. The first-order valence-corrected chi connectivity index (χ1v) is 6.17. The second kappa shape index (κ2) is 4.85. The van der Waals surface area contributed by atoms with Crippen LogP contribution in [0.5, 0.6) is 11.5 Å². The van der Waals surface area contributed by atoms with Gasteiger partial charge in [0, 0.05) is 11.6 Å². The number of phenolic OH excluding ortho intramolecular Hbond substituents is 2. The van der Waals surface area contributed by atoms with Crippen LogP contribution in [0.3, 0.4) is 0 Å².